The molecule has 6 nitrogen and oxygen atoms in total. The van der Waals surface area contributed by atoms with Crippen LogP contribution < -0.4 is 10.2 Å². The number of rotatable bonds is 3. The number of alkyl halides is 3. The first-order chi connectivity index (χ1) is 14.5. The highest BCUT2D eigenvalue weighted by molar-refractivity contribution is 5.94. The summed E-state index contributed by atoms with van der Waals surface area (Å²) in [6.07, 6.45) is -1.99. The lowest BCUT2D eigenvalue weighted by atomic mass is 9.69. The quantitative estimate of drug-likeness (QED) is 0.739. The molecular formula is C21H25F4N5O. The van der Waals surface area contributed by atoms with Gasteiger partial charge in [0, 0.05) is 18.7 Å². The highest BCUT2D eigenvalue weighted by Gasteiger charge is 2.51. The Kier molecular flexibility index (Phi) is 5.03. The summed E-state index contributed by atoms with van der Waals surface area (Å²) >= 11 is 0. The van der Waals surface area contributed by atoms with Gasteiger partial charge in [0.1, 0.15) is 11.6 Å². The molecule has 2 amide bonds. The fourth-order valence-electron chi connectivity index (χ4n) is 4.94. The number of benzene rings is 1. The van der Waals surface area contributed by atoms with Gasteiger partial charge in [0.05, 0.1) is 12.1 Å². The molecule has 1 spiro atoms. The molecule has 1 aromatic heterocycles. The Morgan fingerprint density at radius 1 is 1.13 bits per heavy atom. The van der Waals surface area contributed by atoms with Crippen LogP contribution in [0.1, 0.15) is 36.9 Å². The summed E-state index contributed by atoms with van der Waals surface area (Å²) in [5, 5.41) is 6.52. The van der Waals surface area contributed by atoms with Crippen molar-refractivity contribution in [3.05, 3.63) is 47.4 Å². The van der Waals surface area contributed by atoms with Gasteiger partial charge in [-0.05, 0) is 57.5 Å². The number of carbonyl (C=O) groups excluding carboxylic acids is 1. The van der Waals surface area contributed by atoms with Crippen molar-refractivity contribution in [3.8, 4) is 0 Å². The van der Waals surface area contributed by atoms with Gasteiger partial charge in [-0.2, -0.15) is 18.3 Å². The van der Waals surface area contributed by atoms with E-state index in [-0.39, 0.29) is 23.7 Å². The molecule has 1 N–H and O–H groups in total. The van der Waals surface area contributed by atoms with Gasteiger partial charge >= 0.3 is 12.2 Å². The third-order valence-electron chi connectivity index (χ3n) is 6.75. The minimum Gasteiger partial charge on any atom is -0.330 e. The predicted molar refractivity (Wildman–Crippen MR) is 107 cm³/mol. The average Bonchev–Trinajstić information content (AvgIpc) is 3.22. The van der Waals surface area contributed by atoms with Gasteiger partial charge in [-0.15, -0.1) is 0 Å². The van der Waals surface area contributed by atoms with Crippen molar-refractivity contribution in [3.63, 3.8) is 0 Å². The third kappa shape index (κ3) is 3.66. The molecular weight excluding hydrogens is 414 g/mol. The smallest absolute Gasteiger partial charge is 0.330 e. The number of amides is 2. The van der Waals surface area contributed by atoms with E-state index in [1.165, 1.54) is 18.0 Å². The summed E-state index contributed by atoms with van der Waals surface area (Å²) in [5.41, 5.74) is -1.07. The van der Waals surface area contributed by atoms with Gasteiger partial charge < -0.3 is 5.32 Å². The molecule has 2 fully saturated rings. The molecule has 2 aliphatic rings. The van der Waals surface area contributed by atoms with Crippen molar-refractivity contribution in [2.45, 2.75) is 42.9 Å². The number of aromatic nitrogens is 2. The Balaban J connectivity index is 1.57. The molecule has 1 aliphatic heterocycles. The van der Waals surface area contributed by atoms with Gasteiger partial charge in [-0.3, -0.25) is 14.5 Å². The summed E-state index contributed by atoms with van der Waals surface area (Å²) < 4.78 is 54.1. The number of aryl methyl sites for hydroxylation is 1. The van der Waals surface area contributed by atoms with E-state index in [1.807, 2.05) is 20.2 Å². The number of anilines is 1. The van der Waals surface area contributed by atoms with Crippen LogP contribution in [0.15, 0.2) is 30.3 Å². The van der Waals surface area contributed by atoms with Crippen LogP contribution in [0, 0.1) is 5.82 Å². The van der Waals surface area contributed by atoms with Crippen molar-refractivity contribution < 1.29 is 22.4 Å². The monoisotopic (exact) mass is 439 g/mol. The molecule has 0 unspecified atom stereocenters. The van der Waals surface area contributed by atoms with Gasteiger partial charge in [-0.1, -0.05) is 12.1 Å². The van der Waals surface area contributed by atoms with E-state index in [9.17, 15) is 22.4 Å². The van der Waals surface area contributed by atoms with E-state index in [1.54, 1.807) is 12.1 Å². The van der Waals surface area contributed by atoms with E-state index < -0.39 is 23.4 Å². The van der Waals surface area contributed by atoms with Crippen molar-refractivity contribution in [2.24, 2.45) is 7.05 Å². The van der Waals surface area contributed by atoms with Crippen LogP contribution in [0.3, 0.4) is 0 Å². The molecule has 2 heterocycles. The zero-order chi connectivity index (χ0) is 22.6. The summed E-state index contributed by atoms with van der Waals surface area (Å²) in [4.78, 5) is 16.1. The van der Waals surface area contributed by atoms with E-state index in [0.29, 0.717) is 25.7 Å². The maximum absolute atomic E-state index is 13.9. The van der Waals surface area contributed by atoms with Crippen LogP contribution in [0.25, 0.3) is 0 Å². The number of hydrogen-bond acceptors (Lipinski definition) is 3. The highest BCUT2D eigenvalue weighted by Crippen LogP contribution is 2.46. The Labute approximate surface area is 177 Å². The molecule has 4 rings (SSSR count). The number of urea groups is 1. The Morgan fingerprint density at radius 2 is 1.81 bits per heavy atom. The summed E-state index contributed by atoms with van der Waals surface area (Å²) in [6.45, 7) is 0.259. The lowest BCUT2D eigenvalue weighted by Gasteiger charge is -2.48. The van der Waals surface area contributed by atoms with E-state index >= 15 is 0 Å². The number of carbonyl (C=O) groups is 1. The summed E-state index contributed by atoms with van der Waals surface area (Å²) in [7, 11) is 5.30. The highest BCUT2D eigenvalue weighted by atomic mass is 19.4. The lowest BCUT2D eigenvalue weighted by molar-refractivity contribution is -0.141. The van der Waals surface area contributed by atoms with Crippen molar-refractivity contribution in [1.82, 2.24) is 20.0 Å². The van der Waals surface area contributed by atoms with Crippen molar-refractivity contribution >= 4 is 11.8 Å². The van der Waals surface area contributed by atoms with Crippen LogP contribution >= 0.6 is 0 Å². The first-order valence-corrected chi connectivity index (χ1v) is 10.1. The van der Waals surface area contributed by atoms with E-state index in [4.69, 9.17) is 0 Å². The van der Waals surface area contributed by atoms with E-state index in [2.05, 4.69) is 15.3 Å². The lowest BCUT2D eigenvalue weighted by Crippen LogP contribution is -2.54. The van der Waals surface area contributed by atoms with Gasteiger partial charge in [-0.25, -0.2) is 9.18 Å². The minimum atomic E-state index is -4.58. The first kappa shape index (κ1) is 21.6. The molecule has 0 bridgehead atoms. The molecule has 2 aromatic rings. The van der Waals surface area contributed by atoms with Crippen LogP contribution in [0.5, 0.6) is 0 Å². The summed E-state index contributed by atoms with van der Waals surface area (Å²) in [5.74, 6) is -0.188. The second-order valence-corrected chi connectivity index (χ2v) is 8.74. The van der Waals surface area contributed by atoms with Crippen molar-refractivity contribution in [1.29, 1.82) is 0 Å². The van der Waals surface area contributed by atoms with Crippen LogP contribution in [-0.2, 0) is 18.8 Å². The van der Waals surface area contributed by atoms with Crippen LogP contribution in [-0.4, -0.2) is 46.9 Å². The van der Waals surface area contributed by atoms with Gasteiger partial charge in [0.2, 0.25) is 0 Å². The molecule has 10 heteroatoms. The standard InChI is InChI=1S/C21H25F4N5O/c1-28(2)20(14-5-4-6-15(22)11-14)9-7-19(8-10-20)13-30(18(31)26-19)17-12-16(21(23,24)25)27-29(17)3/h4-6,11-12H,7-10,13H2,1-3H3,(H,26,31). The zero-order valence-corrected chi connectivity index (χ0v) is 17.6. The van der Waals surface area contributed by atoms with Gasteiger partial charge in [0.15, 0.2) is 5.69 Å². The SMILES string of the molecule is CN(C)C1(c2cccc(F)c2)CCC2(CC1)CN(c1cc(C(F)(F)F)nn1C)C(=O)N2. The molecule has 1 aromatic carbocycles. The van der Waals surface area contributed by atoms with Crippen LogP contribution in [0.4, 0.5) is 28.2 Å². The first-order valence-electron chi connectivity index (χ1n) is 10.1. The van der Waals surface area contributed by atoms with Crippen molar-refractivity contribution in [2.75, 3.05) is 25.5 Å². The molecule has 1 aliphatic carbocycles. The number of nitrogens with zero attached hydrogens (tertiary/aromatic N) is 4. The maximum Gasteiger partial charge on any atom is 0.435 e. The average molecular weight is 439 g/mol. The molecule has 31 heavy (non-hydrogen) atoms. The Bertz CT molecular complexity index is 992. The Morgan fingerprint density at radius 3 is 2.35 bits per heavy atom. The largest absolute Gasteiger partial charge is 0.435 e. The zero-order valence-electron chi connectivity index (χ0n) is 17.6. The second-order valence-electron chi connectivity index (χ2n) is 8.74. The fourth-order valence-corrected chi connectivity index (χ4v) is 4.94. The predicted octanol–water partition coefficient (Wildman–Crippen LogP) is 3.88. The number of halogens is 4. The van der Waals surface area contributed by atoms with Crippen LogP contribution in [0.2, 0.25) is 0 Å². The second kappa shape index (κ2) is 7.22. The molecule has 0 atom stereocenters. The topological polar surface area (TPSA) is 53.4 Å². The fraction of sp³-hybridized carbons (Fsp3) is 0.524. The molecule has 168 valence electrons. The molecule has 1 saturated carbocycles. The number of nitrogens with one attached hydrogen (secondary N) is 1. The molecule has 0 radical (unpaired) electrons. The normalized spacial score (nSPS) is 26.7. The summed E-state index contributed by atoms with van der Waals surface area (Å²) in [6, 6.07) is 7.04. The molecule has 1 saturated heterocycles. The number of hydrogen-bond donors (Lipinski definition) is 1. The minimum absolute atomic E-state index is 0.108. The maximum atomic E-state index is 13.9. The van der Waals surface area contributed by atoms with E-state index in [0.717, 1.165) is 16.3 Å². The third-order valence-corrected chi connectivity index (χ3v) is 6.75. The van der Waals surface area contributed by atoms with Gasteiger partial charge in [0.25, 0.3) is 0 Å². The Hall–Kier alpha value is -2.62.